The highest BCUT2D eigenvalue weighted by molar-refractivity contribution is 6.30. The Labute approximate surface area is 119 Å². The van der Waals surface area contributed by atoms with Crippen molar-refractivity contribution in [2.45, 2.75) is 25.8 Å². The third kappa shape index (κ3) is 4.30. The van der Waals surface area contributed by atoms with E-state index in [0.29, 0.717) is 5.02 Å². The highest BCUT2D eigenvalue weighted by Crippen LogP contribution is 2.17. The van der Waals surface area contributed by atoms with Gasteiger partial charge in [-0.05, 0) is 43.1 Å². The summed E-state index contributed by atoms with van der Waals surface area (Å²) in [7, 11) is 0. The van der Waals surface area contributed by atoms with Crippen molar-refractivity contribution in [3.8, 4) is 0 Å². The molecule has 0 aliphatic carbocycles. The van der Waals surface area contributed by atoms with E-state index in [1.807, 2.05) is 24.4 Å². The molecule has 0 bridgehead atoms. The van der Waals surface area contributed by atoms with Crippen LogP contribution in [0, 0.1) is 0 Å². The molecule has 2 rings (SSSR count). The number of nitrogens with zero attached hydrogens (tertiary/aromatic N) is 2. The van der Waals surface area contributed by atoms with E-state index < -0.39 is 0 Å². The van der Waals surface area contributed by atoms with E-state index in [4.69, 9.17) is 11.6 Å². The van der Waals surface area contributed by atoms with Crippen LogP contribution in [0.5, 0.6) is 0 Å². The van der Waals surface area contributed by atoms with Gasteiger partial charge in [-0.1, -0.05) is 24.6 Å². The molecule has 1 atom stereocenters. The third-order valence-electron chi connectivity index (χ3n) is 2.91. The van der Waals surface area contributed by atoms with E-state index in [2.05, 4.69) is 28.3 Å². The second-order valence-electron chi connectivity index (χ2n) is 4.47. The van der Waals surface area contributed by atoms with Crippen LogP contribution in [0.4, 0.5) is 0 Å². The molecule has 0 saturated carbocycles. The van der Waals surface area contributed by atoms with Crippen LogP contribution >= 0.6 is 11.6 Å². The van der Waals surface area contributed by atoms with E-state index in [0.717, 1.165) is 25.1 Å². The van der Waals surface area contributed by atoms with Gasteiger partial charge in [-0.25, -0.2) is 0 Å². The van der Waals surface area contributed by atoms with E-state index in [1.165, 1.54) is 5.56 Å². The van der Waals surface area contributed by atoms with Crippen LogP contribution in [0.15, 0.2) is 42.9 Å². The first-order chi connectivity index (χ1) is 9.29. The lowest BCUT2D eigenvalue weighted by molar-refractivity contribution is 0.517. The van der Waals surface area contributed by atoms with Crippen molar-refractivity contribution in [3.63, 3.8) is 0 Å². The Morgan fingerprint density at radius 3 is 2.79 bits per heavy atom. The first kappa shape index (κ1) is 14.0. The van der Waals surface area contributed by atoms with Gasteiger partial charge in [0.2, 0.25) is 0 Å². The predicted octanol–water partition coefficient (Wildman–Crippen LogP) is 3.41. The molecular formula is C15H18ClN3. The van der Waals surface area contributed by atoms with Gasteiger partial charge in [0.1, 0.15) is 0 Å². The van der Waals surface area contributed by atoms with Crippen LogP contribution < -0.4 is 5.32 Å². The normalized spacial score (nSPS) is 12.3. The Hall–Kier alpha value is -1.45. The predicted molar refractivity (Wildman–Crippen MR) is 78.2 cm³/mol. The van der Waals surface area contributed by atoms with Crippen LogP contribution in [-0.2, 0) is 6.42 Å². The lowest BCUT2D eigenvalue weighted by Gasteiger charge is -2.18. The lowest BCUT2D eigenvalue weighted by Crippen LogP contribution is -2.25. The monoisotopic (exact) mass is 275 g/mol. The van der Waals surface area contributed by atoms with Crippen molar-refractivity contribution >= 4 is 11.6 Å². The molecule has 0 aliphatic rings. The average molecular weight is 276 g/mol. The number of hydrogen-bond donors (Lipinski definition) is 1. The molecule has 100 valence electrons. The third-order valence-corrected chi connectivity index (χ3v) is 3.13. The largest absolute Gasteiger partial charge is 0.308 e. The molecule has 2 aromatic rings. The number of halogens is 1. The molecule has 0 saturated heterocycles. The zero-order valence-corrected chi connectivity index (χ0v) is 11.8. The van der Waals surface area contributed by atoms with Gasteiger partial charge in [0, 0.05) is 18.6 Å². The number of pyridine rings is 2. The van der Waals surface area contributed by atoms with Crippen LogP contribution in [0.3, 0.4) is 0 Å². The smallest absolute Gasteiger partial charge is 0.0589 e. The van der Waals surface area contributed by atoms with Gasteiger partial charge in [-0.3, -0.25) is 9.97 Å². The summed E-state index contributed by atoms with van der Waals surface area (Å²) in [4.78, 5) is 8.57. The van der Waals surface area contributed by atoms with Crippen LogP contribution in [0.2, 0.25) is 5.02 Å². The van der Waals surface area contributed by atoms with Crippen LogP contribution in [0.25, 0.3) is 0 Å². The van der Waals surface area contributed by atoms with Gasteiger partial charge in [0.25, 0.3) is 0 Å². The topological polar surface area (TPSA) is 37.8 Å². The van der Waals surface area contributed by atoms with E-state index in [1.54, 1.807) is 12.4 Å². The molecule has 0 aromatic carbocycles. The maximum atomic E-state index is 5.89. The van der Waals surface area contributed by atoms with Gasteiger partial charge >= 0.3 is 0 Å². The second-order valence-corrected chi connectivity index (χ2v) is 4.91. The summed E-state index contributed by atoms with van der Waals surface area (Å²) in [5.74, 6) is 0. The standard InChI is InChI=1S/C15H18ClN3/c1-2-7-18-15(9-12-4-3-8-17-10-12)14-6-5-13(16)11-19-14/h3-6,8,10-11,15,18H,2,7,9H2,1H3. The van der Waals surface area contributed by atoms with Crippen molar-refractivity contribution in [3.05, 3.63) is 59.1 Å². The minimum absolute atomic E-state index is 0.196. The summed E-state index contributed by atoms with van der Waals surface area (Å²) in [5, 5.41) is 4.19. The highest BCUT2D eigenvalue weighted by Gasteiger charge is 2.12. The number of rotatable bonds is 6. The quantitative estimate of drug-likeness (QED) is 0.878. The fourth-order valence-corrected chi connectivity index (χ4v) is 2.06. The zero-order chi connectivity index (χ0) is 13.5. The molecule has 19 heavy (non-hydrogen) atoms. The molecule has 1 N–H and O–H groups in total. The molecule has 0 spiro atoms. The maximum absolute atomic E-state index is 5.89. The highest BCUT2D eigenvalue weighted by atomic mass is 35.5. The van der Waals surface area contributed by atoms with Crippen molar-refractivity contribution in [2.24, 2.45) is 0 Å². The molecule has 1 unspecified atom stereocenters. The van der Waals surface area contributed by atoms with E-state index >= 15 is 0 Å². The Kier molecular flexibility index (Phi) is 5.31. The van der Waals surface area contributed by atoms with Gasteiger partial charge in [0.15, 0.2) is 0 Å². The Bertz CT molecular complexity index is 485. The minimum Gasteiger partial charge on any atom is -0.308 e. The fraction of sp³-hybridized carbons (Fsp3) is 0.333. The van der Waals surface area contributed by atoms with Gasteiger partial charge in [-0.15, -0.1) is 0 Å². The summed E-state index contributed by atoms with van der Waals surface area (Å²) in [5.41, 5.74) is 2.22. The first-order valence-electron chi connectivity index (χ1n) is 6.53. The van der Waals surface area contributed by atoms with Gasteiger partial charge in [0.05, 0.1) is 16.8 Å². The van der Waals surface area contributed by atoms with Crippen molar-refractivity contribution < 1.29 is 0 Å². The molecule has 2 heterocycles. The van der Waals surface area contributed by atoms with Gasteiger partial charge in [-0.2, -0.15) is 0 Å². The summed E-state index contributed by atoms with van der Waals surface area (Å²) >= 11 is 5.89. The molecule has 4 heteroatoms. The lowest BCUT2D eigenvalue weighted by atomic mass is 10.0. The van der Waals surface area contributed by atoms with Crippen molar-refractivity contribution in [1.82, 2.24) is 15.3 Å². The molecular weight excluding hydrogens is 258 g/mol. The minimum atomic E-state index is 0.196. The second kappa shape index (κ2) is 7.22. The van der Waals surface area contributed by atoms with Crippen LogP contribution in [0.1, 0.15) is 30.6 Å². The van der Waals surface area contributed by atoms with E-state index in [9.17, 15) is 0 Å². The Morgan fingerprint density at radius 1 is 1.26 bits per heavy atom. The van der Waals surface area contributed by atoms with Gasteiger partial charge < -0.3 is 5.32 Å². The summed E-state index contributed by atoms with van der Waals surface area (Å²) in [6, 6.07) is 8.10. The maximum Gasteiger partial charge on any atom is 0.0589 e. The zero-order valence-electron chi connectivity index (χ0n) is 11.0. The molecule has 0 fully saturated rings. The Balaban J connectivity index is 2.13. The molecule has 3 nitrogen and oxygen atoms in total. The van der Waals surface area contributed by atoms with Crippen molar-refractivity contribution in [2.75, 3.05) is 6.54 Å². The number of hydrogen-bond acceptors (Lipinski definition) is 3. The first-order valence-corrected chi connectivity index (χ1v) is 6.91. The molecule has 0 amide bonds. The number of nitrogens with one attached hydrogen (secondary N) is 1. The SMILES string of the molecule is CCCNC(Cc1cccnc1)c1ccc(Cl)cn1. The molecule has 2 aromatic heterocycles. The molecule has 0 aliphatic heterocycles. The number of aromatic nitrogens is 2. The summed E-state index contributed by atoms with van der Waals surface area (Å²) in [6.45, 7) is 3.12. The molecule has 0 radical (unpaired) electrons. The van der Waals surface area contributed by atoms with Crippen molar-refractivity contribution in [1.29, 1.82) is 0 Å². The summed E-state index contributed by atoms with van der Waals surface area (Å²) in [6.07, 6.45) is 7.36. The van der Waals surface area contributed by atoms with E-state index in [-0.39, 0.29) is 6.04 Å². The summed E-state index contributed by atoms with van der Waals surface area (Å²) < 4.78 is 0. The average Bonchev–Trinajstić information content (AvgIpc) is 2.45. The fourth-order valence-electron chi connectivity index (χ4n) is 1.95. The Morgan fingerprint density at radius 2 is 2.16 bits per heavy atom. The van der Waals surface area contributed by atoms with Crippen LogP contribution in [-0.4, -0.2) is 16.5 Å².